The van der Waals surface area contributed by atoms with Crippen LogP contribution >= 0.6 is 12.6 Å². The van der Waals surface area contributed by atoms with Crippen LogP contribution in [-0.4, -0.2) is 18.5 Å². The summed E-state index contributed by atoms with van der Waals surface area (Å²) in [5.41, 5.74) is 5.20. The van der Waals surface area contributed by atoms with E-state index in [0.717, 1.165) is 0 Å². The molecule has 1 aliphatic heterocycles. The fourth-order valence-corrected chi connectivity index (χ4v) is 0.600. The molecule has 0 aromatic carbocycles. The van der Waals surface area contributed by atoms with Crippen molar-refractivity contribution in [1.82, 2.24) is 0 Å². The van der Waals surface area contributed by atoms with Gasteiger partial charge in [0.05, 0.1) is 13.2 Å². The Kier molecular flexibility index (Phi) is 1.25. The van der Waals surface area contributed by atoms with E-state index >= 15 is 0 Å². The minimum Gasteiger partial charge on any atom is -0.327 e. The summed E-state index contributed by atoms with van der Waals surface area (Å²) >= 11 is 3.78. The lowest BCUT2D eigenvalue weighted by molar-refractivity contribution is -0.0681. The van der Waals surface area contributed by atoms with Gasteiger partial charge in [-0.15, -0.1) is 0 Å². The van der Waals surface area contributed by atoms with Crippen molar-refractivity contribution in [3.05, 3.63) is 0 Å². The summed E-state index contributed by atoms with van der Waals surface area (Å²) in [6.45, 7) is 1.08. The maximum Gasteiger partial charge on any atom is 0.274 e. The van der Waals surface area contributed by atoms with Crippen molar-refractivity contribution in [3.63, 3.8) is 0 Å². The lowest BCUT2D eigenvalue weighted by Gasteiger charge is -2.12. The first-order valence-electron chi connectivity index (χ1n) is 2.00. The van der Waals surface area contributed by atoms with Gasteiger partial charge in [-0.05, 0) is 0 Å². The molecule has 7 heavy (non-hydrogen) atoms. The minimum atomic E-state index is -1.11. The molecule has 1 aliphatic rings. The maximum absolute atomic E-state index is 5.20. The van der Waals surface area contributed by atoms with Crippen molar-refractivity contribution in [3.8, 4) is 0 Å². The predicted molar refractivity (Wildman–Crippen MR) is 27.8 cm³/mol. The average molecular weight is 121 g/mol. The summed E-state index contributed by atoms with van der Waals surface area (Å²) in [6.07, 6.45) is 0. The van der Waals surface area contributed by atoms with Crippen LogP contribution in [0.4, 0.5) is 0 Å². The molecule has 0 aromatic rings. The second kappa shape index (κ2) is 1.63. The van der Waals surface area contributed by atoms with Gasteiger partial charge in [0, 0.05) is 0 Å². The van der Waals surface area contributed by atoms with Crippen molar-refractivity contribution in [2.75, 3.05) is 13.2 Å². The normalized spacial score (nSPS) is 28.3. The molecule has 1 rings (SSSR count). The van der Waals surface area contributed by atoms with E-state index in [4.69, 9.17) is 15.2 Å². The van der Waals surface area contributed by atoms with Crippen LogP contribution < -0.4 is 5.73 Å². The van der Waals surface area contributed by atoms with Crippen molar-refractivity contribution in [2.24, 2.45) is 5.73 Å². The number of hydrogen-bond acceptors (Lipinski definition) is 4. The molecule has 1 saturated heterocycles. The van der Waals surface area contributed by atoms with E-state index in [1.165, 1.54) is 0 Å². The van der Waals surface area contributed by atoms with Crippen LogP contribution in [0.3, 0.4) is 0 Å². The Morgan fingerprint density at radius 2 is 1.86 bits per heavy atom. The number of nitrogens with two attached hydrogens (primary N) is 1. The highest BCUT2D eigenvalue weighted by molar-refractivity contribution is 7.81. The molecule has 0 atom stereocenters. The molecule has 3 nitrogen and oxygen atoms in total. The molecular formula is C3H7NO2S. The van der Waals surface area contributed by atoms with Gasteiger partial charge in [0.2, 0.25) is 0 Å². The van der Waals surface area contributed by atoms with Crippen LogP contribution in [-0.2, 0) is 9.47 Å². The average Bonchev–Trinajstić information content (AvgIpc) is 1.84. The third kappa shape index (κ3) is 1.31. The number of ether oxygens (including phenoxy) is 2. The van der Waals surface area contributed by atoms with Crippen molar-refractivity contribution >= 4 is 12.6 Å². The van der Waals surface area contributed by atoms with E-state index in [1.54, 1.807) is 0 Å². The molecule has 2 N–H and O–H groups in total. The first-order chi connectivity index (χ1) is 3.21. The van der Waals surface area contributed by atoms with Gasteiger partial charge < -0.3 is 9.47 Å². The molecule has 0 aliphatic carbocycles. The number of rotatable bonds is 0. The van der Waals surface area contributed by atoms with Gasteiger partial charge >= 0.3 is 0 Å². The molecule has 0 bridgehead atoms. The van der Waals surface area contributed by atoms with E-state index in [-0.39, 0.29) is 0 Å². The Morgan fingerprint density at radius 3 is 2.00 bits per heavy atom. The Morgan fingerprint density at radius 1 is 1.43 bits per heavy atom. The molecule has 1 heterocycles. The topological polar surface area (TPSA) is 44.5 Å². The quantitative estimate of drug-likeness (QED) is 0.336. The third-order valence-corrected chi connectivity index (χ3v) is 0.959. The van der Waals surface area contributed by atoms with E-state index in [0.29, 0.717) is 13.2 Å². The van der Waals surface area contributed by atoms with Crippen molar-refractivity contribution in [2.45, 2.75) is 5.24 Å². The fourth-order valence-electron chi connectivity index (χ4n) is 0.417. The molecule has 0 unspecified atom stereocenters. The molecule has 0 spiro atoms. The summed E-state index contributed by atoms with van der Waals surface area (Å²) in [5, 5.41) is -1.11. The first-order valence-corrected chi connectivity index (χ1v) is 2.45. The van der Waals surface area contributed by atoms with E-state index in [1.807, 2.05) is 0 Å². The smallest absolute Gasteiger partial charge is 0.274 e. The van der Waals surface area contributed by atoms with Crippen LogP contribution in [0.25, 0.3) is 0 Å². The zero-order valence-corrected chi connectivity index (χ0v) is 4.65. The highest BCUT2D eigenvalue weighted by Gasteiger charge is 2.26. The van der Waals surface area contributed by atoms with E-state index in [2.05, 4.69) is 12.6 Å². The fraction of sp³-hybridized carbons (Fsp3) is 1.00. The zero-order valence-electron chi connectivity index (χ0n) is 3.76. The summed E-state index contributed by atoms with van der Waals surface area (Å²) in [7, 11) is 0. The minimum absolute atomic E-state index is 0.542. The molecule has 0 saturated carbocycles. The number of thiol groups is 1. The lowest BCUT2D eigenvalue weighted by Crippen LogP contribution is -2.33. The number of hydrogen-bond donors (Lipinski definition) is 2. The first kappa shape index (κ1) is 5.37. The van der Waals surface area contributed by atoms with Crippen LogP contribution in [0.5, 0.6) is 0 Å². The van der Waals surface area contributed by atoms with Gasteiger partial charge in [0.15, 0.2) is 0 Å². The van der Waals surface area contributed by atoms with Crippen LogP contribution in [0.2, 0.25) is 0 Å². The Labute approximate surface area is 47.2 Å². The summed E-state index contributed by atoms with van der Waals surface area (Å²) in [5.74, 6) is 0. The van der Waals surface area contributed by atoms with Gasteiger partial charge in [-0.25, -0.2) is 0 Å². The molecule has 0 amide bonds. The highest BCUT2D eigenvalue weighted by atomic mass is 32.1. The zero-order chi connectivity index (χ0) is 5.33. The second-order valence-corrected chi connectivity index (χ2v) is 1.95. The standard InChI is InChI=1S/C3H7NO2S/c4-3(7)5-1-2-6-3/h7H,1-2,4H2. The van der Waals surface area contributed by atoms with Gasteiger partial charge in [-0.3, -0.25) is 5.73 Å². The van der Waals surface area contributed by atoms with Crippen LogP contribution in [0.15, 0.2) is 0 Å². The Balaban J connectivity index is 2.40. The van der Waals surface area contributed by atoms with E-state index in [9.17, 15) is 0 Å². The second-order valence-electron chi connectivity index (χ2n) is 1.33. The predicted octanol–water partition coefficient (Wildman–Crippen LogP) is -0.467. The lowest BCUT2D eigenvalue weighted by atomic mass is 10.8. The Hall–Kier alpha value is 0.230. The van der Waals surface area contributed by atoms with Gasteiger partial charge in [-0.1, -0.05) is 12.6 Å². The van der Waals surface area contributed by atoms with Crippen LogP contribution in [0.1, 0.15) is 0 Å². The SMILES string of the molecule is NC1(S)OCCO1. The van der Waals surface area contributed by atoms with Gasteiger partial charge in [0.25, 0.3) is 5.24 Å². The summed E-state index contributed by atoms with van der Waals surface area (Å²) in [4.78, 5) is 0. The van der Waals surface area contributed by atoms with Gasteiger partial charge in [0.1, 0.15) is 0 Å². The van der Waals surface area contributed by atoms with Crippen LogP contribution in [0, 0.1) is 0 Å². The maximum atomic E-state index is 5.20. The van der Waals surface area contributed by atoms with E-state index < -0.39 is 5.24 Å². The largest absolute Gasteiger partial charge is 0.327 e. The molecule has 1 fully saturated rings. The third-order valence-electron chi connectivity index (χ3n) is 0.701. The molecular weight excluding hydrogens is 114 g/mol. The van der Waals surface area contributed by atoms with Gasteiger partial charge in [-0.2, -0.15) is 0 Å². The molecule has 0 radical (unpaired) electrons. The molecule has 42 valence electrons. The van der Waals surface area contributed by atoms with Crippen molar-refractivity contribution in [1.29, 1.82) is 0 Å². The van der Waals surface area contributed by atoms with Crippen molar-refractivity contribution < 1.29 is 9.47 Å². The summed E-state index contributed by atoms with van der Waals surface area (Å²) in [6, 6.07) is 0. The monoisotopic (exact) mass is 121 g/mol. The summed E-state index contributed by atoms with van der Waals surface area (Å²) < 4.78 is 9.52. The molecule has 4 heteroatoms. The molecule has 0 aromatic heterocycles. The highest BCUT2D eigenvalue weighted by Crippen LogP contribution is 2.15. The Bertz CT molecular complexity index is 67.3.